The molecule has 2 rings (SSSR count). The first-order valence-corrected chi connectivity index (χ1v) is 4.85. The Morgan fingerprint density at radius 3 is 2.81 bits per heavy atom. The number of carbonyl (C=O) groups is 1. The summed E-state index contributed by atoms with van der Waals surface area (Å²) in [5.41, 5.74) is 1.40. The van der Waals surface area contributed by atoms with Crippen LogP contribution in [0.2, 0.25) is 0 Å². The molecule has 16 heavy (non-hydrogen) atoms. The smallest absolute Gasteiger partial charge is 0.256 e. The first-order valence-electron chi connectivity index (χ1n) is 4.85. The quantitative estimate of drug-likeness (QED) is 0.751. The molecule has 0 fully saturated rings. The van der Waals surface area contributed by atoms with E-state index in [9.17, 15) is 4.79 Å². The molecular weight excluding hydrogens is 204 g/mol. The Morgan fingerprint density at radius 1 is 1.38 bits per heavy atom. The summed E-state index contributed by atoms with van der Waals surface area (Å²) in [5, 5.41) is 4.12. The highest BCUT2D eigenvalue weighted by Gasteiger charge is 2.10. The van der Waals surface area contributed by atoms with Gasteiger partial charge in [0.05, 0.1) is 23.6 Å². The standard InChI is InChI=1S/C11H12N4O/c1-14(2)11(16)9-6-13-15(8-9)10-4-3-5-12-7-10/h3-8H,1-2H3. The van der Waals surface area contributed by atoms with Crippen molar-refractivity contribution >= 4 is 5.91 Å². The molecule has 0 saturated heterocycles. The van der Waals surface area contributed by atoms with Gasteiger partial charge in [-0.2, -0.15) is 5.10 Å². The molecule has 0 unspecified atom stereocenters. The van der Waals surface area contributed by atoms with E-state index in [1.54, 1.807) is 43.6 Å². The molecule has 0 aliphatic carbocycles. The Balaban J connectivity index is 2.30. The zero-order chi connectivity index (χ0) is 11.5. The zero-order valence-electron chi connectivity index (χ0n) is 9.16. The highest BCUT2D eigenvalue weighted by Crippen LogP contribution is 2.07. The van der Waals surface area contributed by atoms with Crippen molar-refractivity contribution in [3.63, 3.8) is 0 Å². The van der Waals surface area contributed by atoms with Crippen molar-refractivity contribution in [3.8, 4) is 5.69 Å². The van der Waals surface area contributed by atoms with Gasteiger partial charge in [-0.3, -0.25) is 9.78 Å². The van der Waals surface area contributed by atoms with E-state index >= 15 is 0 Å². The highest BCUT2D eigenvalue weighted by atomic mass is 16.2. The van der Waals surface area contributed by atoms with Crippen molar-refractivity contribution in [1.29, 1.82) is 0 Å². The lowest BCUT2D eigenvalue weighted by atomic mass is 10.3. The molecular formula is C11H12N4O. The first-order chi connectivity index (χ1) is 7.68. The highest BCUT2D eigenvalue weighted by molar-refractivity contribution is 5.93. The first kappa shape index (κ1) is 10.4. The van der Waals surface area contributed by atoms with Crippen LogP contribution in [0.4, 0.5) is 0 Å². The van der Waals surface area contributed by atoms with Crippen molar-refractivity contribution in [2.45, 2.75) is 0 Å². The zero-order valence-corrected chi connectivity index (χ0v) is 9.16. The van der Waals surface area contributed by atoms with E-state index in [1.165, 1.54) is 4.90 Å². The monoisotopic (exact) mass is 216 g/mol. The Kier molecular flexibility index (Phi) is 2.68. The van der Waals surface area contributed by atoms with Gasteiger partial charge in [-0.1, -0.05) is 0 Å². The molecule has 2 aromatic rings. The maximum Gasteiger partial charge on any atom is 0.256 e. The molecule has 0 radical (unpaired) electrons. The Morgan fingerprint density at radius 2 is 2.19 bits per heavy atom. The van der Waals surface area contributed by atoms with Crippen molar-refractivity contribution in [3.05, 3.63) is 42.5 Å². The molecule has 5 nitrogen and oxygen atoms in total. The molecule has 82 valence electrons. The largest absolute Gasteiger partial charge is 0.345 e. The Bertz CT molecular complexity index is 490. The number of hydrogen-bond acceptors (Lipinski definition) is 3. The third-order valence-corrected chi connectivity index (χ3v) is 2.15. The summed E-state index contributed by atoms with van der Waals surface area (Å²) in [5.74, 6) is -0.0601. The van der Waals surface area contributed by atoms with Crippen molar-refractivity contribution in [2.75, 3.05) is 14.1 Å². The Hall–Kier alpha value is -2.17. The SMILES string of the molecule is CN(C)C(=O)c1cnn(-c2cccnc2)c1. The van der Waals surface area contributed by atoms with Crippen LogP contribution >= 0.6 is 0 Å². The van der Waals surface area contributed by atoms with Gasteiger partial charge < -0.3 is 4.90 Å². The van der Waals surface area contributed by atoms with Crippen LogP contribution in [0.1, 0.15) is 10.4 Å². The maximum absolute atomic E-state index is 11.6. The molecule has 0 spiro atoms. The van der Waals surface area contributed by atoms with E-state index < -0.39 is 0 Å². The van der Waals surface area contributed by atoms with Gasteiger partial charge in [0.25, 0.3) is 5.91 Å². The van der Waals surface area contributed by atoms with Gasteiger partial charge in [0.1, 0.15) is 0 Å². The third kappa shape index (κ3) is 1.93. The predicted octanol–water partition coefficient (Wildman–Crippen LogP) is 0.969. The van der Waals surface area contributed by atoms with Crippen LogP contribution in [-0.2, 0) is 0 Å². The lowest BCUT2D eigenvalue weighted by molar-refractivity contribution is 0.0827. The van der Waals surface area contributed by atoms with E-state index in [-0.39, 0.29) is 5.91 Å². The molecule has 2 aromatic heterocycles. The van der Waals surface area contributed by atoms with Crippen LogP contribution in [0.5, 0.6) is 0 Å². The lowest BCUT2D eigenvalue weighted by Crippen LogP contribution is -2.21. The topological polar surface area (TPSA) is 51.0 Å². The number of pyridine rings is 1. The molecule has 5 heteroatoms. The average molecular weight is 216 g/mol. The summed E-state index contributed by atoms with van der Waals surface area (Å²) in [6.45, 7) is 0. The maximum atomic E-state index is 11.6. The van der Waals surface area contributed by atoms with Crippen LogP contribution in [0.25, 0.3) is 5.69 Å². The molecule has 0 atom stereocenters. The molecule has 0 bridgehead atoms. The van der Waals surface area contributed by atoms with Gasteiger partial charge in [0.2, 0.25) is 0 Å². The second-order valence-corrected chi connectivity index (χ2v) is 3.58. The third-order valence-electron chi connectivity index (χ3n) is 2.15. The van der Waals surface area contributed by atoms with Gasteiger partial charge in [-0.15, -0.1) is 0 Å². The van der Waals surface area contributed by atoms with Crippen molar-refractivity contribution in [2.24, 2.45) is 0 Å². The summed E-state index contributed by atoms with van der Waals surface area (Å²) in [6.07, 6.45) is 6.63. The van der Waals surface area contributed by atoms with Crippen LogP contribution in [-0.4, -0.2) is 39.7 Å². The second kappa shape index (κ2) is 4.14. The summed E-state index contributed by atoms with van der Waals surface area (Å²) in [7, 11) is 3.42. The second-order valence-electron chi connectivity index (χ2n) is 3.58. The fourth-order valence-electron chi connectivity index (χ4n) is 1.32. The molecule has 2 heterocycles. The fourth-order valence-corrected chi connectivity index (χ4v) is 1.32. The van der Waals surface area contributed by atoms with Gasteiger partial charge in [-0.25, -0.2) is 4.68 Å². The lowest BCUT2D eigenvalue weighted by Gasteiger charge is -2.07. The molecule has 0 aromatic carbocycles. The number of aromatic nitrogens is 3. The summed E-state index contributed by atoms with van der Waals surface area (Å²) >= 11 is 0. The van der Waals surface area contributed by atoms with Gasteiger partial charge in [0, 0.05) is 26.5 Å². The van der Waals surface area contributed by atoms with E-state index in [0.717, 1.165) is 5.69 Å². The van der Waals surface area contributed by atoms with E-state index in [0.29, 0.717) is 5.56 Å². The van der Waals surface area contributed by atoms with E-state index in [4.69, 9.17) is 0 Å². The van der Waals surface area contributed by atoms with Crippen molar-refractivity contribution in [1.82, 2.24) is 19.7 Å². The van der Waals surface area contributed by atoms with Gasteiger partial charge in [-0.05, 0) is 12.1 Å². The van der Waals surface area contributed by atoms with Gasteiger partial charge >= 0.3 is 0 Å². The molecule has 0 aliphatic heterocycles. The van der Waals surface area contributed by atoms with Crippen LogP contribution in [0, 0.1) is 0 Å². The van der Waals surface area contributed by atoms with Crippen molar-refractivity contribution < 1.29 is 4.79 Å². The van der Waals surface area contributed by atoms with Crippen LogP contribution < -0.4 is 0 Å². The van der Waals surface area contributed by atoms with Crippen LogP contribution in [0.15, 0.2) is 36.9 Å². The molecule has 0 aliphatic rings. The number of amides is 1. The van der Waals surface area contributed by atoms with Crippen LogP contribution in [0.3, 0.4) is 0 Å². The summed E-state index contributed by atoms with van der Waals surface area (Å²) < 4.78 is 1.63. The molecule has 0 saturated carbocycles. The predicted molar refractivity (Wildman–Crippen MR) is 59.4 cm³/mol. The minimum atomic E-state index is -0.0601. The minimum absolute atomic E-state index is 0.0601. The number of carbonyl (C=O) groups excluding carboxylic acids is 1. The number of nitrogens with zero attached hydrogens (tertiary/aromatic N) is 4. The molecule has 0 N–H and O–H groups in total. The summed E-state index contributed by atoms with van der Waals surface area (Å²) in [6, 6.07) is 3.70. The van der Waals surface area contributed by atoms with E-state index in [2.05, 4.69) is 10.1 Å². The van der Waals surface area contributed by atoms with E-state index in [1.807, 2.05) is 12.1 Å². The number of rotatable bonds is 2. The average Bonchev–Trinajstić information content (AvgIpc) is 2.78. The number of hydrogen-bond donors (Lipinski definition) is 0. The normalized spacial score (nSPS) is 10.1. The fraction of sp³-hybridized carbons (Fsp3) is 0.182. The Labute approximate surface area is 93.3 Å². The molecule has 1 amide bonds. The summed E-state index contributed by atoms with van der Waals surface area (Å²) in [4.78, 5) is 17.2. The van der Waals surface area contributed by atoms with Gasteiger partial charge in [0.15, 0.2) is 0 Å². The minimum Gasteiger partial charge on any atom is -0.345 e.